The van der Waals surface area contributed by atoms with E-state index >= 15 is 0 Å². The minimum atomic E-state index is -0.863. The number of hydrogen-bond donors (Lipinski definition) is 2. The molecule has 120 valence electrons. The molecule has 0 radical (unpaired) electrons. The van der Waals surface area contributed by atoms with Gasteiger partial charge < -0.3 is 15.0 Å². The summed E-state index contributed by atoms with van der Waals surface area (Å²) in [6, 6.07) is 8.11. The zero-order chi connectivity index (χ0) is 16.4. The van der Waals surface area contributed by atoms with E-state index < -0.39 is 23.2 Å². The Kier molecular flexibility index (Phi) is 2.86. The Morgan fingerprint density at radius 1 is 1.26 bits per heavy atom. The lowest BCUT2D eigenvalue weighted by atomic mass is 10.0. The number of carboxylic acids is 1. The second-order valence-corrected chi connectivity index (χ2v) is 7.25. The molecular weight excluding hydrogens is 292 g/mol. The molecule has 2 N–H and O–H groups in total. The monoisotopic (exact) mass is 312 g/mol. The van der Waals surface area contributed by atoms with Crippen molar-refractivity contribution in [2.45, 2.75) is 26.8 Å². The van der Waals surface area contributed by atoms with E-state index in [1.54, 1.807) is 0 Å². The van der Waals surface area contributed by atoms with E-state index in [9.17, 15) is 14.7 Å². The molecule has 2 atom stereocenters. The standard InChI is InChI=1S/C18H20N2O3/c1-18(2)14(15(18)17(22)23)16(21)20-8-7-13-11(9-20)10-5-3-4-6-12(10)19-13/h3-6,14-15,19H,7-9H2,1-2H3,(H,22,23)/t14-,15+/m0/s1. The van der Waals surface area contributed by atoms with Gasteiger partial charge in [-0.2, -0.15) is 0 Å². The van der Waals surface area contributed by atoms with Crippen molar-refractivity contribution in [2.75, 3.05) is 6.54 Å². The van der Waals surface area contributed by atoms with Crippen molar-refractivity contribution < 1.29 is 14.7 Å². The number of amides is 1. The maximum absolute atomic E-state index is 12.8. The minimum Gasteiger partial charge on any atom is -0.481 e. The average molecular weight is 312 g/mol. The molecule has 1 aliphatic carbocycles. The molecule has 2 aromatic rings. The summed E-state index contributed by atoms with van der Waals surface area (Å²) in [6.07, 6.45) is 0.792. The van der Waals surface area contributed by atoms with Crippen molar-refractivity contribution in [2.24, 2.45) is 17.3 Å². The van der Waals surface area contributed by atoms with Gasteiger partial charge in [0.05, 0.1) is 11.8 Å². The van der Waals surface area contributed by atoms with Gasteiger partial charge >= 0.3 is 5.97 Å². The molecular formula is C18H20N2O3. The lowest BCUT2D eigenvalue weighted by Gasteiger charge is -2.28. The van der Waals surface area contributed by atoms with Crippen LogP contribution in [-0.2, 0) is 22.6 Å². The highest BCUT2D eigenvalue weighted by atomic mass is 16.4. The van der Waals surface area contributed by atoms with Gasteiger partial charge in [0.25, 0.3) is 0 Å². The zero-order valence-corrected chi connectivity index (χ0v) is 13.3. The van der Waals surface area contributed by atoms with Crippen LogP contribution in [0.1, 0.15) is 25.1 Å². The van der Waals surface area contributed by atoms with E-state index in [0.717, 1.165) is 17.3 Å². The fourth-order valence-corrected chi connectivity index (χ4v) is 4.11. The summed E-state index contributed by atoms with van der Waals surface area (Å²) >= 11 is 0. The van der Waals surface area contributed by atoms with Crippen LogP contribution < -0.4 is 0 Å². The summed E-state index contributed by atoms with van der Waals surface area (Å²) in [4.78, 5) is 29.4. The smallest absolute Gasteiger partial charge is 0.307 e. The maximum atomic E-state index is 12.8. The first kappa shape index (κ1) is 14.3. The van der Waals surface area contributed by atoms with E-state index in [1.807, 2.05) is 36.9 Å². The number of nitrogens with zero attached hydrogens (tertiary/aromatic N) is 1. The number of aliphatic carboxylic acids is 1. The Hall–Kier alpha value is -2.30. The van der Waals surface area contributed by atoms with Crippen LogP contribution in [0.3, 0.4) is 0 Å². The molecule has 5 heteroatoms. The Labute approximate surface area is 134 Å². The zero-order valence-electron chi connectivity index (χ0n) is 13.3. The van der Waals surface area contributed by atoms with E-state index in [1.165, 1.54) is 11.3 Å². The predicted molar refractivity (Wildman–Crippen MR) is 85.8 cm³/mol. The second-order valence-electron chi connectivity index (χ2n) is 7.25. The summed E-state index contributed by atoms with van der Waals surface area (Å²) in [6.45, 7) is 4.96. The molecule has 0 bridgehead atoms. The van der Waals surface area contributed by atoms with Gasteiger partial charge in [-0.05, 0) is 11.5 Å². The Balaban J connectivity index is 1.61. The number of carbonyl (C=O) groups is 2. The van der Waals surface area contributed by atoms with Gasteiger partial charge in [-0.1, -0.05) is 32.0 Å². The number of aromatic nitrogens is 1. The molecule has 1 aromatic carbocycles. The molecule has 1 fully saturated rings. The summed E-state index contributed by atoms with van der Waals surface area (Å²) in [5.74, 6) is -1.83. The van der Waals surface area contributed by atoms with Crippen molar-refractivity contribution in [3.63, 3.8) is 0 Å². The highest BCUT2D eigenvalue weighted by Gasteiger charge is 2.66. The van der Waals surface area contributed by atoms with E-state index in [-0.39, 0.29) is 5.91 Å². The first-order chi connectivity index (χ1) is 10.9. The molecule has 1 amide bonds. The molecule has 4 rings (SSSR count). The van der Waals surface area contributed by atoms with Gasteiger partial charge in [0.2, 0.25) is 5.91 Å². The number of rotatable bonds is 2. The van der Waals surface area contributed by atoms with Gasteiger partial charge in [0.1, 0.15) is 0 Å². The van der Waals surface area contributed by atoms with E-state index in [4.69, 9.17) is 0 Å². The minimum absolute atomic E-state index is 0.0154. The SMILES string of the molecule is CC1(C)[C@H](C(=O)N2CCc3[nH]c4ccccc4c3C2)[C@@H]1C(=O)O. The number of fused-ring (bicyclic) bond motifs is 3. The molecule has 2 aliphatic rings. The largest absolute Gasteiger partial charge is 0.481 e. The number of nitrogens with one attached hydrogen (secondary N) is 1. The van der Waals surface area contributed by atoms with Gasteiger partial charge in [0, 0.05) is 41.7 Å². The first-order valence-corrected chi connectivity index (χ1v) is 8.01. The Morgan fingerprint density at radius 2 is 2.00 bits per heavy atom. The van der Waals surface area contributed by atoms with Crippen LogP contribution in [0.4, 0.5) is 0 Å². The second kappa shape index (κ2) is 4.60. The maximum Gasteiger partial charge on any atom is 0.307 e. The third kappa shape index (κ3) is 1.99. The normalized spacial score (nSPS) is 25.2. The molecule has 1 aliphatic heterocycles. The van der Waals surface area contributed by atoms with Crippen molar-refractivity contribution in [1.29, 1.82) is 0 Å². The molecule has 23 heavy (non-hydrogen) atoms. The average Bonchev–Trinajstić information content (AvgIpc) is 2.93. The number of H-pyrrole nitrogens is 1. The van der Waals surface area contributed by atoms with Crippen LogP contribution in [0.2, 0.25) is 0 Å². The summed E-state index contributed by atoms with van der Waals surface area (Å²) < 4.78 is 0. The quantitative estimate of drug-likeness (QED) is 0.894. The van der Waals surface area contributed by atoms with Crippen LogP contribution in [0.15, 0.2) is 24.3 Å². The summed E-state index contributed by atoms with van der Waals surface area (Å²) in [5.41, 5.74) is 3.02. The third-order valence-electron chi connectivity index (χ3n) is 5.55. The van der Waals surface area contributed by atoms with E-state index in [0.29, 0.717) is 13.1 Å². The van der Waals surface area contributed by atoms with Crippen LogP contribution in [-0.4, -0.2) is 33.4 Å². The number of carboxylic acid groups (broad SMARTS) is 1. The predicted octanol–water partition coefficient (Wildman–Crippen LogP) is 2.41. The molecule has 0 saturated heterocycles. The molecule has 1 aromatic heterocycles. The molecule has 0 spiro atoms. The number of benzene rings is 1. The molecule has 0 unspecified atom stereocenters. The number of hydrogen-bond acceptors (Lipinski definition) is 2. The first-order valence-electron chi connectivity index (χ1n) is 8.01. The van der Waals surface area contributed by atoms with E-state index in [2.05, 4.69) is 11.1 Å². The lowest BCUT2D eigenvalue weighted by Crippen LogP contribution is -2.37. The van der Waals surface area contributed by atoms with Crippen LogP contribution >= 0.6 is 0 Å². The Morgan fingerprint density at radius 3 is 2.70 bits per heavy atom. The Bertz CT molecular complexity index is 821. The van der Waals surface area contributed by atoms with Crippen LogP contribution in [0.25, 0.3) is 10.9 Å². The van der Waals surface area contributed by atoms with Gasteiger partial charge in [0.15, 0.2) is 0 Å². The number of carbonyl (C=O) groups excluding carboxylic acids is 1. The molecule has 1 saturated carbocycles. The lowest BCUT2D eigenvalue weighted by molar-refractivity contribution is -0.142. The van der Waals surface area contributed by atoms with Gasteiger partial charge in [-0.3, -0.25) is 9.59 Å². The number of para-hydroxylation sites is 1. The molecule has 2 heterocycles. The third-order valence-corrected chi connectivity index (χ3v) is 5.55. The number of aromatic amines is 1. The summed E-state index contributed by atoms with van der Waals surface area (Å²) in [5, 5.41) is 10.5. The molecule has 5 nitrogen and oxygen atoms in total. The fourth-order valence-electron chi connectivity index (χ4n) is 4.11. The summed E-state index contributed by atoms with van der Waals surface area (Å²) in [7, 11) is 0. The van der Waals surface area contributed by atoms with Crippen LogP contribution in [0, 0.1) is 17.3 Å². The van der Waals surface area contributed by atoms with Crippen LogP contribution in [0.5, 0.6) is 0 Å². The van der Waals surface area contributed by atoms with Crippen molar-refractivity contribution in [3.05, 3.63) is 35.5 Å². The van der Waals surface area contributed by atoms with Crippen molar-refractivity contribution in [3.8, 4) is 0 Å². The van der Waals surface area contributed by atoms with Gasteiger partial charge in [-0.15, -0.1) is 0 Å². The topological polar surface area (TPSA) is 73.4 Å². The van der Waals surface area contributed by atoms with Crippen molar-refractivity contribution in [1.82, 2.24) is 9.88 Å². The van der Waals surface area contributed by atoms with Gasteiger partial charge in [-0.25, -0.2) is 0 Å². The fraction of sp³-hybridized carbons (Fsp3) is 0.444. The van der Waals surface area contributed by atoms with Crippen molar-refractivity contribution >= 4 is 22.8 Å². The highest BCUT2D eigenvalue weighted by molar-refractivity contribution is 5.92. The highest BCUT2D eigenvalue weighted by Crippen LogP contribution is 2.59.